The third kappa shape index (κ3) is 3.65. The highest BCUT2D eigenvalue weighted by molar-refractivity contribution is 7.92. The van der Waals surface area contributed by atoms with Gasteiger partial charge in [0.15, 0.2) is 0 Å². The maximum atomic E-state index is 13.1. The number of amides is 1. The Kier molecular flexibility index (Phi) is 4.81. The molecule has 0 bridgehead atoms. The van der Waals surface area contributed by atoms with Crippen LogP contribution in [0.25, 0.3) is 10.9 Å². The molecule has 1 amide bonds. The van der Waals surface area contributed by atoms with Crippen LogP contribution in [0.1, 0.15) is 31.1 Å². The minimum atomic E-state index is -3.96. The number of carbonyl (C=O) groups is 1. The van der Waals surface area contributed by atoms with Crippen LogP contribution in [-0.4, -0.2) is 39.0 Å². The highest BCUT2D eigenvalue weighted by Gasteiger charge is 2.31. The van der Waals surface area contributed by atoms with Crippen molar-refractivity contribution in [2.75, 3.05) is 29.1 Å². The molecule has 9 heteroatoms. The van der Waals surface area contributed by atoms with Gasteiger partial charge in [-0.1, -0.05) is 12.1 Å². The Morgan fingerprint density at radius 2 is 1.81 bits per heavy atom. The van der Waals surface area contributed by atoms with Gasteiger partial charge in [-0.25, -0.2) is 13.4 Å². The van der Waals surface area contributed by atoms with Crippen molar-refractivity contribution in [2.45, 2.75) is 31.2 Å². The van der Waals surface area contributed by atoms with Gasteiger partial charge in [0.1, 0.15) is 16.5 Å². The maximum absolute atomic E-state index is 13.1. The van der Waals surface area contributed by atoms with Crippen molar-refractivity contribution >= 4 is 44.0 Å². The topological polar surface area (TPSA) is 101 Å². The first-order chi connectivity index (χ1) is 14.5. The molecule has 2 aromatic carbocycles. The molecular weight excluding hydrogens is 416 g/mol. The molecule has 0 fully saturated rings. The highest BCUT2D eigenvalue weighted by atomic mass is 32.2. The number of benzene rings is 2. The molecule has 3 aromatic rings. The number of rotatable bonds is 5. The summed E-state index contributed by atoms with van der Waals surface area (Å²) >= 11 is 0. The van der Waals surface area contributed by atoms with Crippen LogP contribution >= 0.6 is 0 Å². The lowest BCUT2D eigenvalue weighted by Crippen LogP contribution is -2.27. The molecule has 4 rings (SSSR count). The number of nitrogens with one attached hydrogen (secondary N) is 2. The predicted octanol–water partition coefficient (Wildman–Crippen LogP) is 3.84. The molecule has 0 unspecified atom stereocenters. The minimum absolute atomic E-state index is 0.0157. The van der Waals surface area contributed by atoms with Crippen molar-refractivity contribution in [2.24, 2.45) is 0 Å². The van der Waals surface area contributed by atoms with Crippen LogP contribution in [0.3, 0.4) is 0 Å². The molecule has 0 atom stereocenters. The SMILES string of the molecule is COc1ccccc1S(=O)(=O)Nc1ccc2c3c(cc(NC(C)(C)C)nc13)C(=O)N2C. The van der Waals surface area contributed by atoms with E-state index in [0.717, 1.165) is 0 Å². The Morgan fingerprint density at radius 1 is 1.10 bits per heavy atom. The van der Waals surface area contributed by atoms with E-state index >= 15 is 0 Å². The van der Waals surface area contributed by atoms with E-state index in [1.165, 1.54) is 13.2 Å². The number of hydrogen-bond donors (Lipinski definition) is 2. The Balaban J connectivity index is 1.90. The summed E-state index contributed by atoms with van der Waals surface area (Å²) in [6.45, 7) is 5.94. The van der Waals surface area contributed by atoms with Crippen molar-refractivity contribution in [1.82, 2.24) is 4.98 Å². The Hall–Kier alpha value is -3.33. The molecule has 0 saturated carbocycles. The van der Waals surface area contributed by atoms with E-state index < -0.39 is 10.0 Å². The first-order valence-electron chi connectivity index (χ1n) is 9.72. The molecule has 0 aliphatic carbocycles. The Labute approximate surface area is 181 Å². The molecule has 1 aliphatic rings. The molecule has 8 nitrogen and oxygen atoms in total. The van der Waals surface area contributed by atoms with Crippen LogP contribution in [0.4, 0.5) is 17.2 Å². The summed E-state index contributed by atoms with van der Waals surface area (Å²) in [5.41, 5.74) is 1.55. The van der Waals surface area contributed by atoms with Crippen molar-refractivity contribution in [1.29, 1.82) is 0 Å². The smallest absolute Gasteiger partial charge is 0.265 e. The van der Waals surface area contributed by atoms with Crippen molar-refractivity contribution in [3.63, 3.8) is 0 Å². The van der Waals surface area contributed by atoms with Crippen LogP contribution in [-0.2, 0) is 10.0 Å². The number of nitrogens with zero attached hydrogens (tertiary/aromatic N) is 2. The summed E-state index contributed by atoms with van der Waals surface area (Å²) in [6.07, 6.45) is 0. The third-order valence-electron chi connectivity index (χ3n) is 4.94. The second kappa shape index (κ2) is 7.12. The number of methoxy groups -OCH3 is 1. The molecule has 1 aliphatic heterocycles. The molecule has 0 radical (unpaired) electrons. The second-order valence-corrected chi connectivity index (χ2v) is 10.1. The Morgan fingerprint density at radius 3 is 2.48 bits per heavy atom. The fraction of sp³-hybridized carbons (Fsp3) is 0.273. The normalized spacial score (nSPS) is 13.6. The van der Waals surface area contributed by atoms with Gasteiger partial charge >= 0.3 is 0 Å². The molecule has 31 heavy (non-hydrogen) atoms. The zero-order valence-corrected chi connectivity index (χ0v) is 18.8. The monoisotopic (exact) mass is 440 g/mol. The fourth-order valence-electron chi connectivity index (χ4n) is 3.63. The average Bonchev–Trinajstić information content (AvgIpc) is 2.94. The number of carbonyl (C=O) groups excluding carboxylic acids is 1. The van der Waals surface area contributed by atoms with Gasteiger partial charge in [0.05, 0.1) is 29.6 Å². The van der Waals surface area contributed by atoms with E-state index in [-0.39, 0.29) is 27.8 Å². The van der Waals surface area contributed by atoms with Gasteiger partial charge in [0.25, 0.3) is 15.9 Å². The van der Waals surface area contributed by atoms with E-state index in [1.54, 1.807) is 48.3 Å². The first kappa shape index (κ1) is 20.9. The van der Waals surface area contributed by atoms with Gasteiger partial charge in [-0.15, -0.1) is 0 Å². The standard InChI is InChI=1S/C22H24N4O4S/c1-22(2,3)24-18-12-13-19-15(26(4)21(13)27)11-10-14(20(19)23-18)25-31(28,29)17-9-7-6-8-16(17)30-5/h6-12,25H,1-5H3,(H,23,24). The lowest BCUT2D eigenvalue weighted by Gasteiger charge is -2.22. The number of ether oxygens (including phenoxy) is 1. The molecule has 162 valence electrons. The summed E-state index contributed by atoms with van der Waals surface area (Å²) in [5, 5.41) is 3.89. The number of anilines is 3. The molecule has 0 saturated heterocycles. The molecule has 2 heterocycles. The number of pyridine rings is 1. The fourth-order valence-corrected chi connectivity index (χ4v) is 4.87. The molecular formula is C22H24N4O4S. The summed E-state index contributed by atoms with van der Waals surface area (Å²) in [6, 6.07) is 11.4. The number of aromatic nitrogens is 1. The highest BCUT2D eigenvalue weighted by Crippen LogP contribution is 2.41. The molecule has 2 N–H and O–H groups in total. The van der Waals surface area contributed by atoms with Crippen LogP contribution in [0.5, 0.6) is 5.75 Å². The van der Waals surface area contributed by atoms with Crippen LogP contribution < -0.4 is 19.7 Å². The average molecular weight is 441 g/mol. The second-order valence-electron chi connectivity index (χ2n) is 8.41. The number of para-hydroxylation sites is 1. The van der Waals surface area contributed by atoms with E-state index in [4.69, 9.17) is 4.74 Å². The molecule has 0 spiro atoms. The van der Waals surface area contributed by atoms with E-state index in [9.17, 15) is 13.2 Å². The van der Waals surface area contributed by atoms with E-state index in [1.807, 2.05) is 20.8 Å². The van der Waals surface area contributed by atoms with Gasteiger partial charge in [-0.2, -0.15) is 0 Å². The predicted molar refractivity (Wildman–Crippen MR) is 122 cm³/mol. The third-order valence-corrected chi connectivity index (χ3v) is 6.35. The Bertz CT molecular complexity index is 1310. The lowest BCUT2D eigenvalue weighted by atomic mass is 10.1. The summed E-state index contributed by atoms with van der Waals surface area (Å²) in [5.74, 6) is 0.566. The first-order valence-corrected chi connectivity index (χ1v) is 11.2. The van der Waals surface area contributed by atoms with Crippen molar-refractivity contribution in [3.05, 3.63) is 48.0 Å². The molecule has 1 aromatic heterocycles. The maximum Gasteiger partial charge on any atom is 0.265 e. The van der Waals surface area contributed by atoms with Crippen LogP contribution in [0, 0.1) is 0 Å². The van der Waals surface area contributed by atoms with E-state index in [0.29, 0.717) is 28.0 Å². The summed E-state index contributed by atoms with van der Waals surface area (Å²) in [4.78, 5) is 19.0. The van der Waals surface area contributed by atoms with Gasteiger partial charge in [0.2, 0.25) is 0 Å². The zero-order chi connectivity index (χ0) is 22.6. The lowest BCUT2D eigenvalue weighted by molar-refractivity contribution is 0.0999. The van der Waals surface area contributed by atoms with E-state index in [2.05, 4.69) is 15.0 Å². The number of sulfonamides is 1. The minimum Gasteiger partial charge on any atom is -0.495 e. The van der Waals surface area contributed by atoms with Gasteiger partial charge in [-0.05, 0) is 51.1 Å². The van der Waals surface area contributed by atoms with Gasteiger partial charge in [0, 0.05) is 18.0 Å². The van der Waals surface area contributed by atoms with Crippen molar-refractivity contribution < 1.29 is 17.9 Å². The summed E-state index contributed by atoms with van der Waals surface area (Å²) in [7, 11) is -0.857. The number of hydrogen-bond acceptors (Lipinski definition) is 6. The van der Waals surface area contributed by atoms with Gasteiger partial charge in [-0.3, -0.25) is 9.52 Å². The quantitative estimate of drug-likeness (QED) is 0.625. The zero-order valence-electron chi connectivity index (χ0n) is 18.0. The largest absolute Gasteiger partial charge is 0.495 e. The van der Waals surface area contributed by atoms with Crippen LogP contribution in [0.15, 0.2) is 47.4 Å². The van der Waals surface area contributed by atoms with Crippen molar-refractivity contribution in [3.8, 4) is 5.75 Å². The van der Waals surface area contributed by atoms with Gasteiger partial charge < -0.3 is 15.0 Å². The summed E-state index contributed by atoms with van der Waals surface area (Å²) < 4.78 is 34.1. The van der Waals surface area contributed by atoms with Crippen LogP contribution in [0.2, 0.25) is 0 Å².